The molecule has 0 aliphatic rings. The number of terminal acetylenes is 1. The molecule has 0 saturated heterocycles. The summed E-state index contributed by atoms with van der Waals surface area (Å²) in [7, 11) is 0. The monoisotopic (exact) mass is 535 g/mol. The number of ether oxygens (including phenoxy) is 1. The number of carbonyl (C=O) groups is 3. The topological polar surface area (TPSA) is 108 Å². The van der Waals surface area contributed by atoms with Crippen LogP contribution in [0.3, 0.4) is 0 Å². The number of hydrogen-bond acceptors (Lipinski definition) is 5. The summed E-state index contributed by atoms with van der Waals surface area (Å²) in [4.78, 5) is 41.8. The third kappa shape index (κ3) is 10.1. The maximum absolute atomic E-state index is 14.1. The number of aliphatic hydroxyl groups excluding tert-OH is 1. The molecule has 0 fully saturated rings. The van der Waals surface area contributed by atoms with E-state index in [1.165, 1.54) is 4.90 Å². The minimum Gasteiger partial charge on any atom is -0.444 e. The standard InChI is InChI=1S/C31H41N3O5/c1-6-8-14-19-32-28(36)27(25-18-13-12-17-24(25)7-2)34(20-21-35)29(37)26(22-23-15-10-9-11-16-23)33-30(38)39-31(3,4)5/h2,9-13,15-18,26-27,35H,6,8,14,19-22H2,1,3-5H3,(H,32,36)(H,33,38). The van der Waals surface area contributed by atoms with E-state index in [4.69, 9.17) is 11.2 Å². The van der Waals surface area contributed by atoms with E-state index in [0.717, 1.165) is 24.8 Å². The molecule has 2 unspecified atom stereocenters. The lowest BCUT2D eigenvalue weighted by molar-refractivity contribution is -0.143. The summed E-state index contributed by atoms with van der Waals surface area (Å²) in [5, 5.41) is 15.6. The molecule has 0 heterocycles. The number of alkyl carbamates (subject to hydrolysis) is 1. The van der Waals surface area contributed by atoms with Gasteiger partial charge in [0.2, 0.25) is 11.8 Å². The van der Waals surface area contributed by atoms with Gasteiger partial charge in [0.05, 0.1) is 6.61 Å². The molecule has 2 rings (SSSR count). The second kappa shape index (κ2) is 15.6. The summed E-state index contributed by atoms with van der Waals surface area (Å²) in [6, 6.07) is 14.0. The van der Waals surface area contributed by atoms with Crippen molar-refractivity contribution in [2.75, 3.05) is 19.7 Å². The maximum Gasteiger partial charge on any atom is 0.408 e. The van der Waals surface area contributed by atoms with Crippen molar-refractivity contribution in [2.45, 2.75) is 71.1 Å². The van der Waals surface area contributed by atoms with Crippen molar-refractivity contribution < 1.29 is 24.2 Å². The molecule has 2 aromatic carbocycles. The maximum atomic E-state index is 14.1. The molecule has 0 aromatic heterocycles. The molecule has 0 spiro atoms. The van der Waals surface area contributed by atoms with Gasteiger partial charge in [-0.1, -0.05) is 74.2 Å². The fourth-order valence-corrected chi connectivity index (χ4v) is 4.17. The summed E-state index contributed by atoms with van der Waals surface area (Å²) in [5.41, 5.74) is 0.953. The summed E-state index contributed by atoms with van der Waals surface area (Å²) < 4.78 is 5.42. The van der Waals surface area contributed by atoms with Crippen molar-refractivity contribution in [3.8, 4) is 12.3 Å². The Bertz CT molecular complexity index is 1120. The molecule has 2 aromatic rings. The van der Waals surface area contributed by atoms with Gasteiger partial charge in [0.15, 0.2) is 0 Å². The van der Waals surface area contributed by atoms with Crippen molar-refractivity contribution in [2.24, 2.45) is 0 Å². The van der Waals surface area contributed by atoms with Gasteiger partial charge in [-0.2, -0.15) is 0 Å². The average molecular weight is 536 g/mol. The molecule has 8 heteroatoms. The Morgan fingerprint density at radius 1 is 1.05 bits per heavy atom. The van der Waals surface area contributed by atoms with Crippen LogP contribution in [-0.2, 0) is 20.7 Å². The van der Waals surface area contributed by atoms with Gasteiger partial charge < -0.3 is 25.4 Å². The number of benzene rings is 2. The van der Waals surface area contributed by atoms with Crippen LogP contribution >= 0.6 is 0 Å². The van der Waals surface area contributed by atoms with E-state index in [1.54, 1.807) is 45.0 Å². The highest BCUT2D eigenvalue weighted by atomic mass is 16.6. The first-order valence-electron chi connectivity index (χ1n) is 13.4. The van der Waals surface area contributed by atoms with Gasteiger partial charge in [0.25, 0.3) is 0 Å². The molecule has 8 nitrogen and oxygen atoms in total. The van der Waals surface area contributed by atoms with E-state index >= 15 is 0 Å². The Morgan fingerprint density at radius 2 is 1.72 bits per heavy atom. The number of amides is 3. The van der Waals surface area contributed by atoms with Gasteiger partial charge in [-0.3, -0.25) is 9.59 Å². The number of hydrogen-bond donors (Lipinski definition) is 3. The van der Waals surface area contributed by atoms with Gasteiger partial charge in [-0.15, -0.1) is 6.42 Å². The van der Waals surface area contributed by atoms with Gasteiger partial charge in [-0.25, -0.2) is 4.79 Å². The highest BCUT2D eigenvalue weighted by Gasteiger charge is 2.37. The van der Waals surface area contributed by atoms with Crippen molar-refractivity contribution in [3.63, 3.8) is 0 Å². The number of aliphatic hydroxyl groups is 1. The lowest BCUT2D eigenvalue weighted by atomic mass is 9.96. The van der Waals surface area contributed by atoms with E-state index in [-0.39, 0.29) is 13.0 Å². The smallest absolute Gasteiger partial charge is 0.408 e. The molecule has 0 bridgehead atoms. The fourth-order valence-electron chi connectivity index (χ4n) is 4.17. The Labute approximate surface area is 232 Å². The van der Waals surface area contributed by atoms with Crippen molar-refractivity contribution in [3.05, 3.63) is 71.3 Å². The molecule has 0 aliphatic heterocycles. The molecule has 3 N–H and O–H groups in total. The third-order valence-electron chi connectivity index (χ3n) is 5.95. The van der Waals surface area contributed by atoms with Gasteiger partial charge >= 0.3 is 6.09 Å². The van der Waals surface area contributed by atoms with E-state index in [2.05, 4.69) is 23.5 Å². The Kier molecular flexibility index (Phi) is 12.5. The summed E-state index contributed by atoms with van der Waals surface area (Å²) in [5.74, 6) is 1.65. The van der Waals surface area contributed by atoms with Crippen molar-refractivity contribution in [1.82, 2.24) is 15.5 Å². The molecule has 0 radical (unpaired) electrons. The predicted octanol–water partition coefficient (Wildman–Crippen LogP) is 3.97. The number of rotatable bonds is 13. The van der Waals surface area contributed by atoms with Crippen molar-refractivity contribution >= 4 is 17.9 Å². The molecular formula is C31H41N3O5. The van der Waals surface area contributed by atoms with Crippen LogP contribution in [0.4, 0.5) is 4.79 Å². The highest BCUT2D eigenvalue weighted by Crippen LogP contribution is 2.26. The molecule has 0 saturated carbocycles. The van der Waals surface area contributed by atoms with Crippen LogP contribution in [0.2, 0.25) is 0 Å². The largest absolute Gasteiger partial charge is 0.444 e. The molecule has 210 valence electrons. The van der Waals surface area contributed by atoms with Crippen LogP contribution in [0.1, 0.15) is 69.7 Å². The third-order valence-corrected chi connectivity index (χ3v) is 5.95. The molecule has 0 aliphatic carbocycles. The Hall–Kier alpha value is -3.83. The van der Waals surface area contributed by atoms with E-state index in [0.29, 0.717) is 17.7 Å². The number of nitrogens with zero attached hydrogens (tertiary/aromatic N) is 1. The second-order valence-electron chi connectivity index (χ2n) is 10.3. The highest BCUT2D eigenvalue weighted by molar-refractivity contribution is 5.92. The predicted molar refractivity (Wildman–Crippen MR) is 152 cm³/mol. The summed E-state index contributed by atoms with van der Waals surface area (Å²) in [6.45, 7) is 7.16. The molecule has 2 atom stereocenters. The van der Waals surface area contributed by atoms with Crippen LogP contribution < -0.4 is 10.6 Å². The minimum atomic E-state index is -1.11. The second-order valence-corrected chi connectivity index (χ2v) is 10.3. The van der Waals surface area contributed by atoms with Crippen LogP contribution in [0.25, 0.3) is 0 Å². The van der Waals surface area contributed by atoms with E-state index in [1.807, 2.05) is 30.3 Å². The van der Waals surface area contributed by atoms with E-state index < -0.39 is 42.2 Å². The summed E-state index contributed by atoms with van der Waals surface area (Å²) >= 11 is 0. The fraction of sp³-hybridized carbons (Fsp3) is 0.452. The lowest BCUT2D eigenvalue weighted by Crippen LogP contribution is -2.54. The van der Waals surface area contributed by atoms with Gasteiger partial charge in [-0.05, 0) is 44.4 Å². The average Bonchev–Trinajstić information content (AvgIpc) is 2.90. The van der Waals surface area contributed by atoms with Crippen LogP contribution in [-0.4, -0.2) is 59.3 Å². The lowest BCUT2D eigenvalue weighted by Gasteiger charge is -2.34. The molecular weight excluding hydrogens is 494 g/mol. The number of carbonyl (C=O) groups excluding carboxylic acids is 3. The van der Waals surface area contributed by atoms with Crippen LogP contribution in [0, 0.1) is 12.3 Å². The SMILES string of the molecule is C#Cc1ccccc1C(C(=O)NCCCCC)N(CCO)C(=O)C(Cc1ccccc1)NC(=O)OC(C)(C)C. The van der Waals surface area contributed by atoms with E-state index in [9.17, 15) is 19.5 Å². The minimum absolute atomic E-state index is 0.147. The first kappa shape index (κ1) is 31.4. The molecule has 3 amide bonds. The normalized spacial score (nSPS) is 12.5. The summed E-state index contributed by atoms with van der Waals surface area (Å²) in [6.07, 6.45) is 7.88. The van der Waals surface area contributed by atoms with Gasteiger partial charge in [0, 0.05) is 25.1 Å². The van der Waals surface area contributed by atoms with Crippen molar-refractivity contribution in [1.29, 1.82) is 0 Å². The zero-order valence-electron chi connectivity index (χ0n) is 23.4. The number of nitrogens with one attached hydrogen (secondary N) is 2. The Morgan fingerprint density at radius 3 is 2.33 bits per heavy atom. The molecule has 39 heavy (non-hydrogen) atoms. The number of unbranched alkanes of at least 4 members (excludes halogenated alkanes) is 2. The van der Waals surface area contributed by atoms with Crippen LogP contribution in [0.15, 0.2) is 54.6 Å². The zero-order chi connectivity index (χ0) is 28.8. The van der Waals surface area contributed by atoms with Crippen LogP contribution in [0.5, 0.6) is 0 Å². The Balaban J connectivity index is 2.51. The first-order chi connectivity index (χ1) is 18.6. The zero-order valence-corrected chi connectivity index (χ0v) is 23.4. The quantitative estimate of drug-likeness (QED) is 0.266. The first-order valence-corrected chi connectivity index (χ1v) is 13.4. The van der Waals surface area contributed by atoms with Gasteiger partial charge in [0.1, 0.15) is 17.7 Å².